The maximum absolute atomic E-state index is 13.9. The molecular weight excluding hydrogens is 614 g/mol. The van der Waals surface area contributed by atoms with Crippen LogP contribution in [0.4, 0.5) is 11.4 Å². The lowest BCUT2D eigenvalue weighted by Gasteiger charge is -2.29. The van der Waals surface area contributed by atoms with Crippen LogP contribution >= 0.6 is 0 Å². The van der Waals surface area contributed by atoms with E-state index in [2.05, 4.69) is 15.6 Å². The van der Waals surface area contributed by atoms with Crippen LogP contribution in [0, 0.1) is 0 Å². The predicted octanol–water partition coefficient (Wildman–Crippen LogP) is 4.37. The fraction of sp³-hybridized carbons (Fsp3) is 0.306. The molecule has 0 aliphatic rings. The molecule has 1 aromatic heterocycles. The molecule has 0 spiro atoms. The topological polar surface area (TPSA) is 132 Å². The second-order valence-corrected chi connectivity index (χ2v) is 13.7. The molecule has 0 fully saturated rings. The molecular formula is C36H43N5O5S. The number of aliphatic hydroxyl groups is 1. The molecule has 0 saturated heterocycles. The summed E-state index contributed by atoms with van der Waals surface area (Å²) in [5, 5.41) is 17.4. The average molecular weight is 658 g/mol. The number of sulfonamides is 1. The lowest BCUT2D eigenvalue weighted by atomic mass is 9.99. The van der Waals surface area contributed by atoms with E-state index in [4.69, 9.17) is 0 Å². The third-order valence-corrected chi connectivity index (χ3v) is 9.33. The Labute approximate surface area is 277 Å². The van der Waals surface area contributed by atoms with Crippen LogP contribution in [0.25, 0.3) is 0 Å². The third kappa shape index (κ3) is 9.63. The molecule has 0 radical (unpaired) electrons. The minimum Gasteiger partial charge on any atom is -0.389 e. The first kappa shape index (κ1) is 35.1. The summed E-state index contributed by atoms with van der Waals surface area (Å²) < 4.78 is 26.0. The molecule has 3 atom stereocenters. The van der Waals surface area contributed by atoms with E-state index in [0.29, 0.717) is 6.42 Å². The summed E-state index contributed by atoms with van der Waals surface area (Å²) in [7, 11) is -0.494. The Hall–Kier alpha value is -4.74. The van der Waals surface area contributed by atoms with Crippen molar-refractivity contribution in [2.24, 2.45) is 0 Å². The molecule has 4 rings (SSSR count). The van der Waals surface area contributed by atoms with Gasteiger partial charge in [0, 0.05) is 38.0 Å². The van der Waals surface area contributed by atoms with Crippen molar-refractivity contribution in [2.75, 3.05) is 36.1 Å². The van der Waals surface area contributed by atoms with Gasteiger partial charge in [-0.3, -0.25) is 18.9 Å². The molecule has 4 aromatic rings. The van der Waals surface area contributed by atoms with Crippen LogP contribution in [0.1, 0.15) is 57.3 Å². The Morgan fingerprint density at radius 3 is 2.02 bits per heavy atom. The number of likely N-dealkylation sites (N-methyl/N-ethyl adjacent to an activating group) is 1. The fourth-order valence-corrected chi connectivity index (χ4v) is 5.63. The molecule has 3 aromatic carbocycles. The van der Waals surface area contributed by atoms with Gasteiger partial charge in [-0.05, 0) is 60.7 Å². The maximum Gasteiger partial charge on any atom is 0.251 e. The molecule has 1 heterocycles. The van der Waals surface area contributed by atoms with Gasteiger partial charge in [-0.15, -0.1) is 0 Å². The second-order valence-electron chi connectivity index (χ2n) is 11.7. The summed E-state index contributed by atoms with van der Waals surface area (Å²) >= 11 is 0. The summed E-state index contributed by atoms with van der Waals surface area (Å²) in [5.41, 5.74) is 4.06. The van der Waals surface area contributed by atoms with E-state index in [0.717, 1.165) is 39.4 Å². The van der Waals surface area contributed by atoms with Crippen molar-refractivity contribution < 1.29 is 23.1 Å². The van der Waals surface area contributed by atoms with E-state index >= 15 is 0 Å². The number of benzene rings is 3. The van der Waals surface area contributed by atoms with E-state index in [1.807, 2.05) is 92.5 Å². The summed E-state index contributed by atoms with van der Waals surface area (Å²) in [6.07, 6.45) is 4.74. The average Bonchev–Trinajstić information content (AvgIpc) is 3.07. The van der Waals surface area contributed by atoms with Gasteiger partial charge in [-0.25, -0.2) is 8.42 Å². The molecule has 0 aliphatic heterocycles. The zero-order chi connectivity index (χ0) is 34.1. The summed E-state index contributed by atoms with van der Waals surface area (Å²) in [5.74, 6) is -1.03. The summed E-state index contributed by atoms with van der Waals surface area (Å²) in [6, 6.07) is 24.2. The number of amides is 2. The van der Waals surface area contributed by atoms with Crippen molar-refractivity contribution >= 4 is 33.2 Å². The van der Waals surface area contributed by atoms with Crippen LogP contribution in [-0.4, -0.2) is 69.4 Å². The van der Waals surface area contributed by atoms with E-state index in [1.165, 1.54) is 25.2 Å². The number of hydrogen-bond donors (Lipinski definition) is 3. The lowest BCUT2D eigenvalue weighted by Crippen LogP contribution is -2.49. The van der Waals surface area contributed by atoms with Crippen LogP contribution in [0.3, 0.4) is 0 Å². The third-order valence-electron chi connectivity index (χ3n) is 8.12. The van der Waals surface area contributed by atoms with Crippen molar-refractivity contribution in [3.8, 4) is 0 Å². The summed E-state index contributed by atoms with van der Waals surface area (Å²) in [4.78, 5) is 33.5. The van der Waals surface area contributed by atoms with Crippen LogP contribution < -0.4 is 19.8 Å². The molecule has 10 nitrogen and oxygen atoms in total. The lowest BCUT2D eigenvalue weighted by molar-refractivity contribution is 0.0843. The van der Waals surface area contributed by atoms with E-state index in [1.54, 1.807) is 12.4 Å². The highest BCUT2D eigenvalue weighted by atomic mass is 32.2. The maximum atomic E-state index is 13.9. The van der Waals surface area contributed by atoms with E-state index in [9.17, 15) is 23.1 Å². The number of anilines is 2. The van der Waals surface area contributed by atoms with Crippen molar-refractivity contribution in [3.63, 3.8) is 0 Å². The fourth-order valence-electron chi connectivity index (χ4n) is 5.14. The first-order valence-electron chi connectivity index (χ1n) is 15.5. The number of aliphatic hydroxyl groups excluding tert-OH is 1. The minimum atomic E-state index is -3.71. The SMILES string of the molecule is CCc1cncc(N(C)C[C@@H](O)[C@H](Cc2ccccc2)NC(=O)c2cc(C(=O)N[C@H](C)c3ccccc3)cc(N(C)S(C)(=O)=O)c2)c1. The van der Waals surface area contributed by atoms with Gasteiger partial charge in [0.05, 0.1) is 42.0 Å². The molecule has 0 bridgehead atoms. The molecule has 0 aliphatic carbocycles. The first-order chi connectivity index (χ1) is 22.3. The highest BCUT2D eigenvalue weighted by Crippen LogP contribution is 2.23. The standard InChI is InChI=1S/C36H43N5O5S/c1-6-26-17-32(23-37-22-26)40(3)24-34(42)33(18-27-13-9-7-10-14-27)39-36(44)30-19-29(20-31(21-30)41(4)47(5,45)46)35(43)38-25(2)28-15-11-8-12-16-28/h7-17,19-23,25,33-34,42H,6,18,24H2,1-5H3,(H,38,43)(H,39,44)/t25-,33+,34-/m1/s1. The molecule has 0 unspecified atom stereocenters. The molecule has 11 heteroatoms. The molecule has 248 valence electrons. The highest BCUT2D eigenvalue weighted by Gasteiger charge is 2.26. The zero-order valence-corrected chi connectivity index (χ0v) is 28.2. The largest absolute Gasteiger partial charge is 0.389 e. The van der Waals surface area contributed by atoms with Crippen LogP contribution in [-0.2, 0) is 22.9 Å². The quantitative estimate of drug-likeness (QED) is 0.184. The summed E-state index contributed by atoms with van der Waals surface area (Å²) in [6.45, 7) is 4.09. The van der Waals surface area contributed by atoms with Crippen LogP contribution in [0.5, 0.6) is 0 Å². The number of rotatable bonds is 14. The van der Waals surface area contributed by atoms with Gasteiger partial charge in [0.25, 0.3) is 11.8 Å². The van der Waals surface area contributed by atoms with Gasteiger partial charge in [-0.1, -0.05) is 67.6 Å². The minimum absolute atomic E-state index is 0.0778. The van der Waals surface area contributed by atoms with Gasteiger partial charge in [0.1, 0.15) is 0 Å². The monoisotopic (exact) mass is 657 g/mol. The van der Waals surface area contributed by atoms with Crippen molar-refractivity contribution in [3.05, 3.63) is 125 Å². The Balaban J connectivity index is 1.63. The van der Waals surface area contributed by atoms with Crippen molar-refractivity contribution in [1.29, 1.82) is 0 Å². The van der Waals surface area contributed by atoms with Crippen molar-refractivity contribution in [1.82, 2.24) is 15.6 Å². The van der Waals surface area contributed by atoms with E-state index < -0.39 is 34.0 Å². The normalized spacial score (nSPS) is 13.2. The number of nitrogens with one attached hydrogen (secondary N) is 2. The number of aromatic nitrogens is 1. The number of pyridine rings is 1. The Morgan fingerprint density at radius 1 is 0.830 bits per heavy atom. The molecule has 0 saturated carbocycles. The highest BCUT2D eigenvalue weighted by molar-refractivity contribution is 7.92. The smallest absolute Gasteiger partial charge is 0.251 e. The van der Waals surface area contributed by atoms with Gasteiger partial charge >= 0.3 is 0 Å². The predicted molar refractivity (Wildman–Crippen MR) is 186 cm³/mol. The number of carbonyl (C=O) groups excluding carboxylic acids is 2. The molecule has 47 heavy (non-hydrogen) atoms. The number of hydrogen-bond acceptors (Lipinski definition) is 7. The van der Waals surface area contributed by atoms with Crippen LogP contribution in [0.15, 0.2) is 97.3 Å². The molecule has 2 amide bonds. The van der Waals surface area contributed by atoms with Gasteiger partial charge < -0.3 is 20.6 Å². The Bertz CT molecular complexity index is 1770. The van der Waals surface area contributed by atoms with Gasteiger partial charge in [-0.2, -0.15) is 0 Å². The van der Waals surface area contributed by atoms with Gasteiger partial charge in [0.15, 0.2) is 0 Å². The zero-order valence-electron chi connectivity index (χ0n) is 27.4. The molecule has 3 N–H and O–H groups in total. The van der Waals surface area contributed by atoms with Crippen LogP contribution in [0.2, 0.25) is 0 Å². The Kier molecular flexibility index (Phi) is 11.7. The Morgan fingerprint density at radius 2 is 1.43 bits per heavy atom. The van der Waals surface area contributed by atoms with Crippen molar-refractivity contribution in [2.45, 2.75) is 44.9 Å². The van der Waals surface area contributed by atoms with Gasteiger partial charge in [0.2, 0.25) is 10.0 Å². The number of nitrogens with zero attached hydrogens (tertiary/aromatic N) is 3. The van der Waals surface area contributed by atoms with E-state index in [-0.39, 0.29) is 29.4 Å². The number of carbonyl (C=O) groups is 2. The first-order valence-corrected chi connectivity index (χ1v) is 17.3. The second kappa shape index (κ2) is 15.7. The number of aryl methyl sites for hydroxylation is 1.